The largest absolute Gasteiger partial charge is 0.477 e. The quantitative estimate of drug-likeness (QED) is 0.722. The molecule has 84 valence electrons. The van der Waals surface area contributed by atoms with Crippen molar-refractivity contribution in [2.45, 2.75) is 0 Å². The van der Waals surface area contributed by atoms with Crippen LogP contribution in [0.3, 0.4) is 0 Å². The number of carbonyl (C=O) groups is 1. The lowest BCUT2D eigenvalue weighted by Gasteiger charge is -1.95. The van der Waals surface area contributed by atoms with Crippen LogP contribution in [0.1, 0.15) is 9.67 Å². The number of carboxylic acids is 1. The van der Waals surface area contributed by atoms with Gasteiger partial charge < -0.3 is 10.1 Å². The van der Waals surface area contributed by atoms with Crippen LogP contribution in [-0.2, 0) is 0 Å². The van der Waals surface area contributed by atoms with Crippen molar-refractivity contribution in [3.63, 3.8) is 0 Å². The highest BCUT2D eigenvalue weighted by Crippen LogP contribution is 2.30. The van der Waals surface area contributed by atoms with Crippen molar-refractivity contribution in [1.82, 2.24) is 4.98 Å². The third-order valence-corrected chi connectivity index (χ3v) is 3.66. The van der Waals surface area contributed by atoms with Gasteiger partial charge in [0, 0.05) is 11.1 Å². The van der Waals surface area contributed by atoms with Gasteiger partial charge in [0.25, 0.3) is 0 Å². The number of thiophene rings is 1. The predicted molar refractivity (Wildman–Crippen MR) is 68.6 cm³/mol. The van der Waals surface area contributed by atoms with Crippen LogP contribution >= 0.6 is 11.3 Å². The second-order valence-corrected chi connectivity index (χ2v) is 4.80. The number of nitrogens with one attached hydrogen (secondary N) is 1. The molecule has 4 heteroatoms. The van der Waals surface area contributed by atoms with Crippen LogP contribution in [-0.4, -0.2) is 16.1 Å². The lowest BCUT2D eigenvalue weighted by Crippen LogP contribution is -1.89. The molecule has 0 amide bonds. The molecule has 0 aliphatic heterocycles. The number of carboxylic acid groups (broad SMARTS) is 1. The number of hydrogen-bond acceptors (Lipinski definition) is 2. The zero-order valence-electron chi connectivity index (χ0n) is 8.81. The van der Waals surface area contributed by atoms with Crippen molar-refractivity contribution in [3.8, 4) is 11.3 Å². The molecular weight excluding hydrogens is 234 g/mol. The number of hydrogen-bond donors (Lipinski definition) is 2. The zero-order valence-corrected chi connectivity index (χ0v) is 9.62. The smallest absolute Gasteiger partial charge is 0.345 e. The van der Waals surface area contributed by atoms with Crippen LogP contribution < -0.4 is 0 Å². The van der Waals surface area contributed by atoms with E-state index < -0.39 is 5.97 Å². The van der Waals surface area contributed by atoms with Crippen molar-refractivity contribution in [2.24, 2.45) is 0 Å². The van der Waals surface area contributed by atoms with E-state index in [9.17, 15) is 4.79 Å². The van der Waals surface area contributed by atoms with Crippen molar-refractivity contribution >= 4 is 27.5 Å². The van der Waals surface area contributed by atoms with Gasteiger partial charge in [-0.05, 0) is 17.7 Å². The summed E-state index contributed by atoms with van der Waals surface area (Å²) < 4.78 is 0. The molecule has 0 aliphatic carbocycles. The molecule has 3 rings (SSSR count). The molecule has 0 saturated heterocycles. The van der Waals surface area contributed by atoms with Gasteiger partial charge in [0.2, 0.25) is 0 Å². The molecule has 1 aromatic carbocycles. The summed E-state index contributed by atoms with van der Waals surface area (Å²) in [6, 6.07) is 13.6. The van der Waals surface area contributed by atoms with E-state index in [2.05, 4.69) is 4.98 Å². The summed E-state index contributed by atoms with van der Waals surface area (Å²) in [7, 11) is 0. The van der Waals surface area contributed by atoms with E-state index in [1.807, 2.05) is 36.4 Å². The van der Waals surface area contributed by atoms with Gasteiger partial charge >= 0.3 is 5.97 Å². The minimum atomic E-state index is -0.874. The van der Waals surface area contributed by atoms with Gasteiger partial charge in [-0.25, -0.2) is 4.79 Å². The molecule has 17 heavy (non-hydrogen) atoms. The van der Waals surface area contributed by atoms with Gasteiger partial charge in [0.1, 0.15) is 9.71 Å². The third-order valence-electron chi connectivity index (χ3n) is 2.60. The molecular formula is C13H9NO2S. The summed E-state index contributed by atoms with van der Waals surface area (Å²) in [6.07, 6.45) is 0. The van der Waals surface area contributed by atoms with E-state index in [-0.39, 0.29) is 0 Å². The zero-order chi connectivity index (χ0) is 11.8. The topological polar surface area (TPSA) is 53.1 Å². The SMILES string of the molecule is O=C(O)c1cc2cc(-c3ccccc3)[nH]c2s1. The molecule has 0 fully saturated rings. The maximum atomic E-state index is 10.8. The number of aromatic carboxylic acids is 1. The van der Waals surface area contributed by atoms with Gasteiger partial charge in [0.05, 0.1) is 0 Å². The van der Waals surface area contributed by atoms with Gasteiger partial charge in [-0.1, -0.05) is 30.3 Å². The molecule has 0 bridgehead atoms. The summed E-state index contributed by atoms with van der Waals surface area (Å²) in [5.41, 5.74) is 2.12. The highest BCUT2D eigenvalue weighted by Gasteiger charge is 2.11. The molecule has 2 aromatic heterocycles. The Kier molecular flexibility index (Phi) is 2.23. The number of aromatic amines is 1. The Labute approximate surface area is 101 Å². The Bertz CT molecular complexity index is 650. The Morgan fingerprint density at radius 1 is 1.18 bits per heavy atom. The number of fused-ring (bicyclic) bond motifs is 1. The van der Waals surface area contributed by atoms with Crippen LogP contribution in [0.25, 0.3) is 21.5 Å². The molecule has 0 unspecified atom stereocenters. The first kappa shape index (κ1) is 10.1. The molecule has 2 heterocycles. The molecule has 2 N–H and O–H groups in total. The second-order valence-electron chi connectivity index (χ2n) is 3.75. The Balaban J connectivity index is 2.10. The minimum absolute atomic E-state index is 0.367. The van der Waals surface area contributed by atoms with Crippen LogP contribution in [0.2, 0.25) is 0 Å². The highest BCUT2D eigenvalue weighted by atomic mass is 32.1. The molecule has 0 atom stereocenters. The van der Waals surface area contributed by atoms with Gasteiger partial charge in [-0.15, -0.1) is 11.3 Å². The maximum absolute atomic E-state index is 10.8. The molecule has 0 aliphatic rings. The van der Waals surface area contributed by atoms with Crippen molar-refractivity contribution in [2.75, 3.05) is 0 Å². The third kappa shape index (κ3) is 1.72. The lowest BCUT2D eigenvalue weighted by atomic mass is 10.1. The van der Waals surface area contributed by atoms with Crippen molar-refractivity contribution in [1.29, 1.82) is 0 Å². The maximum Gasteiger partial charge on any atom is 0.345 e. The number of H-pyrrole nitrogens is 1. The van der Waals surface area contributed by atoms with Crippen molar-refractivity contribution in [3.05, 3.63) is 47.3 Å². The molecule has 3 aromatic rings. The summed E-state index contributed by atoms with van der Waals surface area (Å²) in [6.45, 7) is 0. The van der Waals surface area contributed by atoms with E-state index >= 15 is 0 Å². The Hall–Kier alpha value is -2.07. The summed E-state index contributed by atoms with van der Waals surface area (Å²) in [4.78, 5) is 15.3. The fourth-order valence-corrected chi connectivity index (χ4v) is 2.69. The first-order chi connectivity index (χ1) is 8.24. The fourth-order valence-electron chi connectivity index (χ4n) is 1.80. The van der Waals surface area contributed by atoms with Gasteiger partial charge in [-0.3, -0.25) is 0 Å². The Morgan fingerprint density at radius 2 is 1.94 bits per heavy atom. The number of rotatable bonds is 2. The van der Waals surface area contributed by atoms with E-state index in [4.69, 9.17) is 5.11 Å². The summed E-state index contributed by atoms with van der Waals surface area (Å²) in [5.74, 6) is -0.874. The lowest BCUT2D eigenvalue weighted by molar-refractivity contribution is 0.0702. The minimum Gasteiger partial charge on any atom is -0.477 e. The molecule has 0 spiro atoms. The van der Waals surface area contributed by atoms with E-state index in [1.165, 1.54) is 11.3 Å². The van der Waals surface area contributed by atoms with E-state index in [0.29, 0.717) is 4.88 Å². The first-order valence-corrected chi connectivity index (χ1v) is 5.97. The van der Waals surface area contributed by atoms with Gasteiger partial charge in [-0.2, -0.15) is 0 Å². The van der Waals surface area contributed by atoms with E-state index in [0.717, 1.165) is 21.5 Å². The Morgan fingerprint density at radius 3 is 2.59 bits per heavy atom. The second kappa shape index (κ2) is 3.75. The molecule has 3 nitrogen and oxygen atoms in total. The fraction of sp³-hybridized carbons (Fsp3) is 0. The van der Waals surface area contributed by atoms with Crippen molar-refractivity contribution < 1.29 is 9.90 Å². The van der Waals surface area contributed by atoms with Crippen LogP contribution in [0.5, 0.6) is 0 Å². The molecule has 0 radical (unpaired) electrons. The van der Waals surface area contributed by atoms with E-state index in [1.54, 1.807) is 6.07 Å². The average Bonchev–Trinajstić information content (AvgIpc) is 2.87. The number of benzene rings is 1. The standard InChI is InChI=1S/C13H9NO2S/c15-13(16)11-7-9-6-10(14-12(9)17-11)8-4-2-1-3-5-8/h1-7,14H,(H,15,16). The highest BCUT2D eigenvalue weighted by molar-refractivity contribution is 7.20. The molecule has 0 saturated carbocycles. The van der Waals surface area contributed by atoms with Crippen LogP contribution in [0.15, 0.2) is 42.5 Å². The monoisotopic (exact) mass is 243 g/mol. The summed E-state index contributed by atoms with van der Waals surface area (Å²) >= 11 is 1.27. The van der Waals surface area contributed by atoms with Gasteiger partial charge in [0.15, 0.2) is 0 Å². The van der Waals surface area contributed by atoms with Crippen LogP contribution in [0.4, 0.5) is 0 Å². The first-order valence-electron chi connectivity index (χ1n) is 5.15. The normalized spacial score (nSPS) is 10.8. The predicted octanol–water partition coefficient (Wildman–Crippen LogP) is 3.59. The number of aromatic nitrogens is 1. The average molecular weight is 243 g/mol. The summed E-state index contributed by atoms with van der Waals surface area (Å²) in [5, 5.41) is 9.84. The van der Waals surface area contributed by atoms with Crippen LogP contribution in [0, 0.1) is 0 Å².